The minimum absolute atomic E-state index is 0.494. The van der Waals surface area contributed by atoms with E-state index in [1.54, 1.807) is 0 Å². The first-order valence-electron chi connectivity index (χ1n) is 7.09. The fourth-order valence-corrected chi connectivity index (χ4v) is 2.98. The molecule has 1 fully saturated rings. The van der Waals surface area contributed by atoms with Crippen molar-refractivity contribution in [2.45, 2.75) is 45.7 Å². The van der Waals surface area contributed by atoms with Crippen molar-refractivity contribution >= 4 is 0 Å². The molecule has 1 aliphatic rings. The molecule has 1 heterocycles. The van der Waals surface area contributed by atoms with Gasteiger partial charge in [0.25, 0.3) is 0 Å². The summed E-state index contributed by atoms with van der Waals surface area (Å²) >= 11 is 0. The number of hydrogen-bond acceptors (Lipinski definition) is 2. The molecule has 0 amide bonds. The van der Waals surface area contributed by atoms with Crippen molar-refractivity contribution in [1.82, 2.24) is 10.2 Å². The van der Waals surface area contributed by atoms with Gasteiger partial charge in [-0.15, -0.1) is 0 Å². The Morgan fingerprint density at radius 1 is 1.22 bits per heavy atom. The Labute approximate surface area is 111 Å². The topological polar surface area (TPSA) is 15.3 Å². The molecule has 0 spiro atoms. The normalized spacial score (nSPS) is 22.2. The molecule has 1 aliphatic heterocycles. The van der Waals surface area contributed by atoms with Gasteiger partial charge in [-0.05, 0) is 52.8 Å². The molecule has 0 bridgehead atoms. The number of rotatable bonds is 3. The molecule has 1 aromatic rings. The van der Waals surface area contributed by atoms with E-state index in [1.165, 1.54) is 36.1 Å². The van der Waals surface area contributed by atoms with Gasteiger partial charge in [-0.2, -0.15) is 0 Å². The average molecular weight is 246 g/mol. The highest BCUT2D eigenvalue weighted by Crippen LogP contribution is 2.25. The van der Waals surface area contributed by atoms with Gasteiger partial charge in [-0.1, -0.05) is 29.3 Å². The second-order valence-electron chi connectivity index (χ2n) is 5.76. The van der Waals surface area contributed by atoms with E-state index in [2.05, 4.69) is 56.2 Å². The summed E-state index contributed by atoms with van der Waals surface area (Å²) in [5.74, 6) is 0. The molecule has 2 unspecified atom stereocenters. The zero-order chi connectivity index (χ0) is 13.1. The van der Waals surface area contributed by atoms with Crippen LogP contribution in [0.4, 0.5) is 0 Å². The van der Waals surface area contributed by atoms with Crippen molar-refractivity contribution in [3.8, 4) is 0 Å². The summed E-state index contributed by atoms with van der Waals surface area (Å²) in [6.45, 7) is 9.01. The largest absolute Gasteiger partial charge is 0.315 e. The lowest BCUT2D eigenvalue weighted by Gasteiger charge is -2.36. The number of benzene rings is 1. The number of aryl methyl sites for hydroxylation is 2. The number of hydrogen-bond donors (Lipinski definition) is 1. The summed E-state index contributed by atoms with van der Waals surface area (Å²) in [5, 5.41) is 3.50. The number of nitrogens with zero attached hydrogens (tertiary/aromatic N) is 1. The molecular formula is C16H26N2. The van der Waals surface area contributed by atoms with Crippen molar-refractivity contribution in [3.63, 3.8) is 0 Å². The highest BCUT2D eigenvalue weighted by atomic mass is 15.2. The predicted octanol–water partition coefficient (Wildman–Crippen LogP) is 3.05. The molecule has 0 aromatic heterocycles. The summed E-state index contributed by atoms with van der Waals surface area (Å²) in [6.07, 6.45) is 2.62. The van der Waals surface area contributed by atoms with E-state index < -0.39 is 0 Å². The molecule has 18 heavy (non-hydrogen) atoms. The van der Waals surface area contributed by atoms with Gasteiger partial charge >= 0.3 is 0 Å². The number of likely N-dealkylation sites (N-methyl/N-ethyl adjacent to an activating group) is 1. The molecule has 1 aromatic carbocycles. The van der Waals surface area contributed by atoms with Crippen LogP contribution < -0.4 is 5.32 Å². The third-order valence-corrected chi connectivity index (χ3v) is 4.18. The Balaban J connectivity index is 2.11. The zero-order valence-corrected chi connectivity index (χ0v) is 12.2. The highest BCUT2D eigenvalue weighted by molar-refractivity contribution is 5.30. The van der Waals surface area contributed by atoms with Crippen LogP contribution in [0.3, 0.4) is 0 Å². The third-order valence-electron chi connectivity index (χ3n) is 4.18. The molecule has 0 saturated carbocycles. The monoisotopic (exact) mass is 246 g/mol. The Morgan fingerprint density at radius 3 is 2.44 bits per heavy atom. The van der Waals surface area contributed by atoms with Gasteiger partial charge in [0, 0.05) is 18.6 Å². The van der Waals surface area contributed by atoms with Crippen molar-refractivity contribution in [1.29, 1.82) is 0 Å². The van der Waals surface area contributed by atoms with Crippen LogP contribution in [0.5, 0.6) is 0 Å². The fraction of sp³-hybridized carbons (Fsp3) is 0.625. The molecule has 1 N–H and O–H groups in total. The highest BCUT2D eigenvalue weighted by Gasteiger charge is 2.22. The van der Waals surface area contributed by atoms with Crippen LogP contribution in [-0.4, -0.2) is 31.1 Å². The van der Waals surface area contributed by atoms with Crippen molar-refractivity contribution in [2.75, 3.05) is 20.1 Å². The van der Waals surface area contributed by atoms with Gasteiger partial charge < -0.3 is 5.32 Å². The van der Waals surface area contributed by atoms with Crippen LogP contribution in [0, 0.1) is 13.8 Å². The first-order chi connectivity index (χ1) is 8.58. The summed E-state index contributed by atoms with van der Waals surface area (Å²) in [6, 6.07) is 8.07. The first-order valence-corrected chi connectivity index (χ1v) is 7.09. The Bertz CT molecular complexity index is 374. The minimum atomic E-state index is 0.494. The molecule has 100 valence electrons. The summed E-state index contributed by atoms with van der Waals surface area (Å²) in [4.78, 5) is 2.53. The predicted molar refractivity (Wildman–Crippen MR) is 78.0 cm³/mol. The van der Waals surface area contributed by atoms with Gasteiger partial charge in [0.05, 0.1) is 0 Å². The molecule has 0 radical (unpaired) electrons. The van der Waals surface area contributed by atoms with Gasteiger partial charge in [-0.25, -0.2) is 0 Å². The minimum Gasteiger partial charge on any atom is -0.315 e. The van der Waals surface area contributed by atoms with Crippen LogP contribution >= 0.6 is 0 Å². The Hall–Kier alpha value is -0.860. The van der Waals surface area contributed by atoms with Gasteiger partial charge in [-0.3, -0.25) is 4.90 Å². The van der Waals surface area contributed by atoms with E-state index >= 15 is 0 Å². The molecular weight excluding hydrogens is 220 g/mol. The van der Waals surface area contributed by atoms with Gasteiger partial charge in [0.15, 0.2) is 0 Å². The van der Waals surface area contributed by atoms with E-state index in [0.717, 1.165) is 6.54 Å². The molecule has 2 heteroatoms. The summed E-state index contributed by atoms with van der Waals surface area (Å²) in [7, 11) is 2.26. The van der Waals surface area contributed by atoms with Crippen LogP contribution in [0.15, 0.2) is 18.2 Å². The molecule has 2 rings (SSSR count). The quantitative estimate of drug-likeness (QED) is 0.882. The van der Waals surface area contributed by atoms with E-state index in [4.69, 9.17) is 0 Å². The number of nitrogens with one attached hydrogen (secondary N) is 1. The maximum atomic E-state index is 3.50. The maximum Gasteiger partial charge on any atom is 0.0320 e. The lowest BCUT2D eigenvalue weighted by Crippen LogP contribution is -2.45. The summed E-state index contributed by atoms with van der Waals surface area (Å²) < 4.78 is 0. The summed E-state index contributed by atoms with van der Waals surface area (Å²) in [5.41, 5.74) is 4.18. The van der Waals surface area contributed by atoms with Crippen LogP contribution in [-0.2, 0) is 0 Å². The maximum absolute atomic E-state index is 3.50. The smallest absolute Gasteiger partial charge is 0.0320 e. The molecule has 1 saturated heterocycles. The van der Waals surface area contributed by atoms with Gasteiger partial charge in [0.2, 0.25) is 0 Å². The second kappa shape index (κ2) is 5.85. The molecule has 2 atom stereocenters. The fourth-order valence-electron chi connectivity index (χ4n) is 2.98. The first kappa shape index (κ1) is 13.6. The van der Waals surface area contributed by atoms with E-state index in [1.807, 2.05) is 0 Å². The standard InChI is InChI=1S/C16H26N2/c1-12-8-13(2)10-15(9-12)14(3)18(4)16-6-5-7-17-11-16/h8-10,14,16-17H,5-7,11H2,1-4H3. The Kier molecular flexibility index (Phi) is 4.41. The molecule has 2 nitrogen and oxygen atoms in total. The van der Waals surface area contributed by atoms with E-state index in [-0.39, 0.29) is 0 Å². The SMILES string of the molecule is Cc1cc(C)cc(C(C)N(C)C2CCCNC2)c1. The van der Waals surface area contributed by atoms with Crippen LogP contribution in [0.1, 0.15) is 42.5 Å². The van der Waals surface area contributed by atoms with Crippen molar-refractivity contribution in [2.24, 2.45) is 0 Å². The van der Waals surface area contributed by atoms with E-state index in [9.17, 15) is 0 Å². The average Bonchev–Trinajstić information content (AvgIpc) is 2.37. The third kappa shape index (κ3) is 3.12. The van der Waals surface area contributed by atoms with Crippen LogP contribution in [0.25, 0.3) is 0 Å². The zero-order valence-electron chi connectivity index (χ0n) is 12.2. The lowest BCUT2D eigenvalue weighted by atomic mass is 9.98. The van der Waals surface area contributed by atoms with Crippen LogP contribution in [0.2, 0.25) is 0 Å². The second-order valence-corrected chi connectivity index (χ2v) is 5.76. The van der Waals surface area contributed by atoms with Crippen molar-refractivity contribution < 1.29 is 0 Å². The van der Waals surface area contributed by atoms with Crippen molar-refractivity contribution in [3.05, 3.63) is 34.9 Å². The Morgan fingerprint density at radius 2 is 1.89 bits per heavy atom. The number of piperidine rings is 1. The van der Waals surface area contributed by atoms with Gasteiger partial charge in [0.1, 0.15) is 0 Å². The lowest BCUT2D eigenvalue weighted by molar-refractivity contribution is 0.156. The van der Waals surface area contributed by atoms with E-state index in [0.29, 0.717) is 12.1 Å². The molecule has 0 aliphatic carbocycles.